The summed E-state index contributed by atoms with van der Waals surface area (Å²) >= 11 is 0. The molecule has 1 aliphatic heterocycles. The molecule has 7 rings (SSSR count). The van der Waals surface area contributed by atoms with Crippen molar-refractivity contribution in [3.63, 3.8) is 0 Å². The lowest BCUT2D eigenvalue weighted by Crippen LogP contribution is -2.67. The van der Waals surface area contributed by atoms with Crippen LogP contribution in [0.4, 0.5) is 0 Å². The Labute approximate surface area is 298 Å². The van der Waals surface area contributed by atoms with E-state index in [0.29, 0.717) is 18.4 Å². The summed E-state index contributed by atoms with van der Waals surface area (Å²) in [6.45, 7) is 24.5. The van der Waals surface area contributed by atoms with Gasteiger partial charge < -0.3 is 9.47 Å². The zero-order valence-electron chi connectivity index (χ0n) is 32.9. The number of aromatic nitrogens is 3. The molecule has 9 nitrogen and oxygen atoms in total. The summed E-state index contributed by atoms with van der Waals surface area (Å²) in [6.07, 6.45) is 8.05. The summed E-state index contributed by atoms with van der Waals surface area (Å²) in [6, 6.07) is -0.241. The highest BCUT2D eigenvalue weighted by molar-refractivity contribution is 5.72. The third kappa shape index (κ3) is 4.18. The number of esters is 2. The van der Waals surface area contributed by atoms with Crippen LogP contribution >= 0.6 is 0 Å². The quantitative estimate of drug-likeness (QED) is 0.232. The highest BCUT2D eigenvalue weighted by atomic mass is 16.5. The van der Waals surface area contributed by atoms with Gasteiger partial charge in [0.15, 0.2) is 0 Å². The Balaban J connectivity index is 1.43. The van der Waals surface area contributed by atoms with Crippen molar-refractivity contribution < 1.29 is 19.1 Å². The molecule has 4 saturated carbocycles. The lowest BCUT2D eigenvalue weighted by molar-refractivity contribution is -0.220. The molecule has 0 radical (unpaired) electrons. The van der Waals surface area contributed by atoms with E-state index in [1.807, 2.05) is 37.1 Å². The molecule has 1 unspecified atom stereocenters. The zero-order chi connectivity index (χ0) is 36.7. The molecular weight excluding hydrogens is 630 g/mol. The third-order valence-electron chi connectivity index (χ3n) is 16.4. The van der Waals surface area contributed by atoms with Crippen LogP contribution in [0.25, 0.3) is 0 Å². The van der Waals surface area contributed by atoms with Gasteiger partial charge in [-0.1, -0.05) is 76.2 Å². The molecule has 0 saturated heterocycles. The number of rotatable bonds is 6. The van der Waals surface area contributed by atoms with Crippen molar-refractivity contribution in [1.29, 1.82) is 0 Å². The summed E-state index contributed by atoms with van der Waals surface area (Å²) in [4.78, 5) is 54.6. The van der Waals surface area contributed by atoms with Gasteiger partial charge in [-0.05, 0) is 103 Å². The van der Waals surface area contributed by atoms with Gasteiger partial charge in [-0.25, -0.2) is 23.5 Å². The standard InChI is InChI=1S/C41H63N3O6/c1-23(2)32(45)49-22-40-18-17-39(11)30-26(43-34(47)42(12)35(48)44(43)41(20-19-40,25(5)6)31(30)40)21-28-37(9)15-14-29(50-33(46)24(3)4)36(7,8)27(37)13-16-38(28,39)10/h23-29H,13-22H2,1-12H3/t26?,27-,28+,29-,37-,38+,39+,40-,41-/m0/s1. The highest BCUT2D eigenvalue weighted by Gasteiger charge is 2.73. The average Bonchev–Trinajstić information content (AvgIpc) is 3.50. The van der Waals surface area contributed by atoms with Crippen molar-refractivity contribution in [2.24, 2.45) is 63.7 Å². The summed E-state index contributed by atoms with van der Waals surface area (Å²) < 4.78 is 17.5. The maximum absolute atomic E-state index is 14.4. The first-order valence-corrected chi connectivity index (χ1v) is 19.7. The maximum Gasteiger partial charge on any atom is 0.347 e. The SMILES string of the molecule is CC(C)C(=O)OC[C@]12CC[C@]3(C(C)C)C1=C1C(C[C@@H]4[C@@]5(C)CC[C@H](OC(=O)C(C)C)C(C)(C)[C@@H]5CC[C@@]4(C)[C@]1(C)CC2)n1c(=O)n(C)c(=O)n13. The minimum Gasteiger partial charge on any atom is -0.465 e. The monoisotopic (exact) mass is 693 g/mol. The summed E-state index contributed by atoms with van der Waals surface area (Å²) in [5, 5.41) is 0. The van der Waals surface area contributed by atoms with Gasteiger partial charge in [0.1, 0.15) is 12.7 Å². The molecule has 6 aliphatic rings. The van der Waals surface area contributed by atoms with Crippen molar-refractivity contribution >= 4 is 11.9 Å². The van der Waals surface area contributed by atoms with Crippen LogP contribution in [0.1, 0.15) is 140 Å². The smallest absolute Gasteiger partial charge is 0.347 e. The van der Waals surface area contributed by atoms with E-state index in [4.69, 9.17) is 9.47 Å². The Bertz CT molecular complexity index is 1780. The van der Waals surface area contributed by atoms with Crippen LogP contribution in [0.3, 0.4) is 0 Å². The predicted octanol–water partition coefficient (Wildman–Crippen LogP) is 7.16. The zero-order valence-corrected chi connectivity index (χ0v) is 32.9. The number of carbonyl (C=O) groups excluding carboxylic acids is 2. The molecule has 0 bridgehead atoms. The Morgan fingerprint density at radius 2 is 1.44 bits per heavy atom. The van der Waals surface area contributed by atoms with Gasteiger partial charge >= 0.3 is 23.3 Å². The lowest BCUT2D eigenvalue weighted by Gasteiger charge is -2.72. The van der Waals surface area contributed by atoms with E-state index in [-0.39, 0.29) is 80.3 Å². The van der Waals surface area contributed by atoms with Crippen LogP contribution < -0.4 is 11.4 Å². The number of carbonyl (C=O) groups is 2. The molecule has 278 valence electrons. The number of hydrogen-bond donors (Lipinski definition) is 0. The Morgan fingerprint density at radius 1 is 0.800 bits per heavy atom. The van der Waals surface area contributed by atoms with Crippen LogP contribution in [0.2, 0.25) is 0 Å². The van der Waals surface area contributed by atoms with E-state index >= 15 is 0 Å². The molecule has 9 atom stereocenters. The first-order chi connectivity index (χ1) is 23.2. The third-order valence-corrected chi connectivity index (χ3v) is 16.4. The van der Waals surface area contributed by atoms with Crippen LogP contribution in [0.15, 0.2) is 20.7 Å². The van der Waals surface area contributed by atoms with E-state index in [1.165, 1.54) is 15.7 Å². The van der Waals surface area contributed by atoms with Gasteiger partial charge in [0.25, 0.3) is 0 Å². The fraction of sp³-hybridized carbons (Fsp3) is 0.854. The van der Waals surface area contributed by atoms with Crippen LogP contribution in [0.5, 0.6) is 0 Å². The Morgan fingerprint density at radius 3 is 2.06 bits per heavy atom. The second-order valence-electron chi connectivity index (χ2n) is 19.8. The van der Waals surface area contributed by atoms with Gasteiger partial charge in [-0.3, -0.25) is 9.59 Å². The molecule has 1 aromatic rings. The van der Waals surface area contributed by atoms with Gasteiger partial charge in [-0.2, -0.15) is 0 Å². The fourth-order valence-electron chi connectivity index (χ4n) is 13.5. The van der Waals surface area contributed by atoms with E-state index in [0.717, 1.165) is 57.8 Å². The minimum atomic E-state index is -0.653. The van der Waals surface area contributed by atoms with Gasteiger partial charge in [-0.15, -0.1) is 0 Å². The van der Waals surface area contributed by atoms with Crippen molar-refractivity contribution in [2.75, 3.05) is 6.61 Å². The molecule has 2 heterocycles. The second-order valence-corrected chi connectivity index (χ2v) is 19.8. The molecule has 0 spiro atoms. The average molecular weight is 694 g/mol. The summed E-state index contributed by atoms with van der Waals surface area (Å²) in [5.74, 6) is 0.0330. The summed E-state index contributed by atoms with van der Waals surface area (Å²) in [5.41, 5.74) is 0.732. The lowest BCUT2D eigenvalue weighted by atomic mass is 9.33. The van der Waals surface area contributed by atoms with E-state index in [2.05, 4.69) is 48.5 Å². The number of ether oxygens (including phenoxy) is 2. The molecule has 0 aromatic carbocycles. The maximum atomic E-state index is 14.4. The van der Waals surface area contributed by atoms with Crippen LogP contribution in [-0.2, 0) is 31.6 Å². The first kappa shape index (κ1) is 35.8. The molecule has 0 N–H and O–H groups in total. The normalized spacial score (nSPS) is 41.1. The van der Waals surface area contributed by atoms with Crippen LogP contribution in [0, 0.1) is 56.7 Å². The van der Waals surface area contributed by atoms with E-state index in [9.17, 15) is 19.2 Å². The van der Waals surface area contributed by atoms with Crippen molar-refractivity contribution in [3.05, 3.63) is 32.1 Å². The van der Waals surface area contributed by atoms with E-state index in [1.54, 1.807) is 7.05 Å². The van der Waals surface area contributed by atoms with Gasteiger partial charge in [0.05, 0.1) is 23.4 Å². The molecule has 9 heteroatoms. The highest BCUT2D eigenvalue weighted by Crippen LogP contribution is 2.79. The molecule has 4 fully saturated rings. The first-order valence-electron chi connectivity index (χ1n) is 19.7. The minimum absolute atomic E-state index is 0.0381. The van der Waals surface area contributed by atoms with Crippen molar-refractivity contribution in [1.82, 2.24) is 13.9 Å². The number of hydrogen-bond acceptors (Lipinski definition) is 6. The Hall–Kier alpha value is -2.58. The number of fused-ring (bicyclic) bond motifs is 7. The second kappa shape index (κ2) is 11.0. The molecule has 0 amide bonds. The van der Waals surface area contributed by atoms with Crippen molar-refractivity contribution in [3.8, 4) is 0 Å². The number of nitrogens with zero attached hydrogens (tertiary/aromatic N) is 3. The Kier molecular flexibility index (Phi) is 7.86. The fourth-order valence-corrected chi connectivity index (χ4v) is 13.5. The molecule has 50 heavy (non-hydrogen) atoms. The van der Waals surface area contributed by atoms with Gasteiger partial charge in [0.2, 0.25) is 0 Å². The predicted molar refractivity (Wildman–Crippen MR) is 192 cm³/mol. The van der Waals surface area contributed by atoms with Gasteiger partial charge in [0, 0.05) is 17.9 Å². The molecular formula is C41H63N3O6. The summed E-state index contributed by atoms with van der Waals surface area (Å²) in [7, 11) is 1.63. The van der Waals surface area contributed by atoms with Crippen molar-refractivity contribution in [2.45, 2.75) is 152 Å². The van der Waals surface area contributed by atoms with Crippen LogP contribution in [-0.4, -0.2) is 38.6 Å². The topological polar surface area (TPSA) is 102 Å². The molecule has 1 aromatic heterocycles. The molecule has 5 aliphatic carbocycles. The number of allylic oxidation sites excluding steroid dienone is 1. The largest absolute Gasteiger partial charge is 0.465 e. The van der Waals surface area contributed by atoms with E-state index < -0.39 is 5.54 Å².